The van der Waals surface area contributed by atoms with Crippen LogP contribution in [0.15, 0.2) is 54.7 Å². The van der Waals surface area contributed by atoms with Gasteiger partial charge in [-0.3, -0.25) is 9.59 Å². The van der Waals surface area contributed by atoms with Crippen LogP contribution in [0.25, 0.3) is 10.9 Å². The molecule has 0 aliphatic carbocycles. The Kier molecular flexibility index (Phi) is 2.06. The quantitative estimate of drug-likeness (QED) is 0.631. The second kappa shape index (κ2) is 3.77. The van der Waals surface area contributed by atoms with Crippen molar-refractivity contribution in [1.82, 2.24) is 9.89 Å². The summed E-state index contributed by atoms with van der Waals surface area (Å²) in [6, 6.07) is 14.3. The van der Waals surface area contributed by atoms with Gasteiger partial charge in [-0.05, 0) is 18.2 Å². The van der Waals surface area contributed by atoms with Crippen LogP contribution in [0.4, 0.5) is 0 Å². The van der Waals surface area contributed by atoms with E-state index in [9.17, 15) is 9.59 Å². The van der Waals surface area contributed by atoms with Crippen LogP contribution in [0, 0.1) is 0 Å². The molecule has 1 aliphatic rings. The van der Waals surface area contributed by atoms with Crippen molar-refractivity contribution in [3.63, 3.8) is 0 Å². The second-order valence-electron chi connectivity index (χ2n) is 4.58. The van der Waals surface area contributed by atoms with Crippen molar-refractivity contribution in [2.24, 2.45) is 0 Å². The van der Waals surface area contributed by atoms with Crippen molar-refractivity contribution in [2.45, 2.75) is 0 Å². The molecule has 2 amide bonds. The Balaban J connectivity index is 1.88. The Labute approximate surface area is 114 Å². The summed E-state index contributed by atoms with van der Waals surface area (Å²) in [5.74, 6) is -0.697. The molecule has 0 bridgehead atoms. The molecule has 5 nitrogen and oxygen atoms in total. The van der Waals surface area contributed by atoms with Crippen molar-refractivity contribution in [3.05, 3.63) is 65.9 Å². The summed E-state index contributed by atoms with van der Waals surface area (Å²) >= 11 is 0. The van der Waals surface area contributed by atoms with Gasteiger partial charge in [-0.25, -0.2) is 0 Å². The van der Waals surface area contributed by atoms with E-state index in [1.807, 2.05) is 24.3 Å². The number of aromatic nitrogens is 2. The number of nitrogens with zero attached hydrogens (tertiary/aromatic N) is 3. The highest BCUT2D eigenvalue weighted by Crippen LogP contribution is 2.22. The summed E-state index contributed by atoms with van der Waals surface area (Å²) in [6.45, 7) is 0. The van der Waals surface area contributed by atoms with Crippen molar-refractivity contribution in [2.75, 3.05) is 5.01 Å². The minimum atomic E-state index is -0.349. The maximum absolute atomic E-state index is 12.3. The summed E-state index contributed by atoms with van der Waals surface area (Å²) < 4.78 is 0. The van der Waals surface area contributed by atoms with Crippen LogP contribution in [-0.2, 0) is 0 Å². The van der Waals surface area contributed by atoms with Gasteiger partial charge in [-0.15, -0.1) is 0 Å². The summed E-state index contributed by atoms with van der Waals surface area (Å²) in [5, 5.41) is 6.22. The first-order valence-electron chi connectivity index (χ1n) is 6.18. The number of fused-ring (bicyclic) bond motifs is 2. The summed E-state index contributed by atoms with van der Waals surface area (Å²) in [4.78, 5) is 26.0. The zero-order valence-electron chi connectivity index (χ0n) is 10.4. The number of benzene rings is 2. The Morgan fingerprint density at radius 3 is 2.05 bits per heavy atom. The Hall–Kier alpha value is -2.95. The van der Waals surface area contributed by atoms with E-state index >= 15 is 0 Å². The van der Waals surface area contributed by atoms with Crippen LogP contribution in [0.5, 0.6) is 0 Å². The second-order valence-corrected chi connectivity index (χ2v) is 4.58. The zero-order valence-corrected chi connectivity index (χ0v) is 10.4. The van der Waals surface area contributed by atoms with Crippen LogP contribution in [0.2, 0.25) is 0 Å². The van der Waals surface area contributed by atoms with Crippen molar-refractivity contribution >= 4 is 22.7 Å². The molecular weight excluding hydrogens is 254 g/mol. The lowest BCUT2D eigenvalue weighted by Crippen LogP contribution is -2.40. The van der Waals surface area contributed by atoms with Gasteiger partial charge >= 0.3 is 0 Å². The standard InChI is InChI=1S/C15H9N3O2/c19-14-11-6-2-3-7-12(11)15(20)18(14)17-9-10-5-1-4-8-13(10)16-17/h1-9H. The number of carbonyl (C=O) groups excluding carboxylic acids is 2. The third kappa shape index (κ3) is 1.34. The van der Waals surface area contributed by atoms with E-state index in [0.717, 1.165) is 15.9 Å². The predicted molar refractivity (Wildman–Crippen MR) is 73.1 cm³/mol. The molecule has 0 saturated heterocycles. The molecule has 0 radical (unpaired) electrons. The maximum atomic E-state index is 12.3. The lowest BCUT2D eigenvalue weighted by atomic mass is 10.1. The Morgan fingerprint density at radius 1 is 0.800 bits per heavy atom. The molecule has 4 rings (SSSR count). The molecule has 96 valence electrons. The fourth-order valence-electron chi connectivity index (χ4n) is 2.42. The summed E-state index contributed by atoms with van der Waals surface area (Å²) in [6.07, 6.45) is 1.68. The molecule has 3 aromatic rings. The molecule has 0 atom stereocenters. The van der Waals surface area contributed by atoms with Gasteiger partial charge in [0.25, 0.3) is 11.8 Å². The molecule has 2 aromatic carbocycles. The topological polar surface area (TPSA) is 55.2 Å². The zero-order chi connectivity index (χ0) is 13.7. The van der Waals surface area contributed by atoms with Gasteiger partial charge in [0.15, 0.2) is 0 Å². The predicted octanol–water partition coefficient (Wildman–Crippen LogP) is 1.97. The van der Waals surface area contributed by atoms with E-state index in [0.29, 0.717) is 11.1 Å². The van der Waals surface area contributed by atoms with Gasteiger partial charge in [0.2, 0.25) is 0 Å². The van der Waals surface area contributed by atoms with Crippen LogP contribution < -0.4 is 5.01 Å². The van der Waals surface area contributed by atoms with Gasteiger partial charge in [0, 0.05) is 5.39 Å². The Morgan fingerprint density at radius 2 is 1.40 bits per heavy atom. The lowest BCUT2D eigenvalue weighted by Gasteiger charge is -2.12. The lowest BCUT2D eigenvalue weighted by molar-refractivity contribution is 0.0880. The van der Waals surface area contributed by atoms with Crippen molar-refractivity contribution in [1.29, 1.82) is 0 Å². The van der Waals surface area contributed by atoms with E-state index in [1.165, 1.54) is 4.79 Å². The molecular formula is C15H9N3O2. The minimum Gasteiger partial charge on any atom is -0.267 e. The SMILES string of the molecule is O=C1c2ccccc2C(=O)N1n1cc2ccccc2n1. The molecule has 0 N–H and O–H groups in total. The highest BCUT2D eigenvalue weighted by atomic mass is 16.2. The molecule has 0 spiro atoms. The summed E-state index contributed by atoms with van der Waals surface area (Å²) in [5.41, 5.74) is 1.57. The molecule has 5 heteroatoms. The number of imide groups is 1. The minimum absolute atomic E-state index is 0.349. The van der Waals surface area contributed by atoms with Gasteiger partial charge in [0.05, 0.1) is 22.8 Å². The van der Waals surface area contributed by atoms with E-state index in [2.05, 4.69) is 5.10 Å². The van der Waals surface area contributed by atoms with Crippen LogP contribution in [-0.4, -0.2) is 21.7 Å². The average molecular weight is 263 g/mol. The fraction of sp³-hybridized carbons (Fsp3) is 0. The average Bonchev–Trinajstić information content (AvgIpc) is 3.00. The molecule has 1 aromatic heterocycles. The van der Waals surface area contributed by atoms with E-state index in [-0.39, 0.29) is 11.8 Å². The molecule has 20 heavy (non-hydrogen) atoms. The number of amides is 2. The van der Waals surface area contributed by atoms with Gasteiger partial charge in [-0.1, -0.05) is 30.3 Å². The first kappa shape index (κ1) is 10.9. The van der Waals surface area contributed by atoms with E-state index in [1.54, 1.807) is 30.5 Å². The molecule has 0 unspecified atom stereocenters. The van der Waals surface area contributed by atoms with Crippen molar-refractivity contribution < 1.29 is 9.59 Å². The number of hydrogen-bond donors (Lipinski definition) is 0. The van der Waals surface area contributed by atoms with Crippen LogP contribution >= 0.6 is 0 Å². The van der Waals surface area contributed by atoms with E-state index in [4.69, 9.17) is 0 Å². The largest absolute Gasteiger partial charge is 0.282 e. The first-order valence-corrected chi connectivity index (χ1v) is 6.18. The monoisotopic (exact) mass is 263 g/mol. The van der Waals surface area contributed by atoms with Gasteiger partial charge in [0.1, 0.15) is 0 Å². The third-order valence-electron chi connectivity index (χ3n) is 3.38. The van der Waals surface area contributed by atoms with Crippen molar-refractivity contribution in [3.8, 4) is 0 Å². The number of hydrogen-bond acceptors (Lipinski definition) is 3. The highest BCUT2D eigenvalue weighted by Gasteiger charge is 2.37. The Bertz CT molecular complexity index is 798. The number of rotatable bonds is 1. The van der Waals surface area contributed by atoms with Crippen LogP contribution in [0.1, 0.15) is 20.7 Å². The van der Waals surface area contributed by atoms with E-state index < -0.39 is 0 Å². The normalized spacial score (nSPS) is 14.1. The molecule has 2 heterocycles. The first-order chi connectivity index (χ1) is 9.75. The molecule has 0 fully saturated rings. The fourth-order valence-corrected chi connectivity index (χ4v) is 2.42. The summed E-state index contributed by atoms with van der Waals surface area (Å²) in [7, 11) is 0. The highest BCUT2D eigenvalue weighted by molar-refractivity contribution is 6.30. The van der Waals surface area contributed by atoms with Gasteiger partial charge in [-0.2, -0.15) is 14.9 Å². The van der Waals surface area contributed by atoms with Gasteiger partial charge < -0.3 is 0 Å². The van der Waals surface area contributed by atoms with Crippen LogP contribution in [0.3, 0.4) is 0 Å². The third-order valence-corrected chi connectivity index (χ3v) is 3.38. The maximum Gasteiger partial charge on any atom is 0.282 e. The smallest absolute Gasteiger partial charge is 0.267 e. The molecule has 1 aliphatic heterocycles. The molecule has 0 saturated carbocycles. The number of carbonyl (C=O) groups is 2.